The summed E-state index contributed by atoms with van der Waals surface area (Å²) in [6.45, 7) is 15.4. The smallest absolute Gasteiger partial charge is 0.312 e. The highest BCUT2D eigenvalue weighted by Crippen LogP contribution is 2.59. The van der Waals surface area contributed by atoms with Gasteiger partial charge in [-0.3, -0.25) is 14.4 Å². The van der Waals surface area contributed by atoms with Gasteiger partial charge in [0, 0.05) is 31.0 Å². The van der Waals surface area contributed by atoms with Crippen LogP contribution in [0.15, 0.2) is 49.6 Å². The van der Waals surface area contributed by atoms with Gasteiger partial charge >= 0.3 is 5.97 Å². The number of allylic oxidation sites excluding steroid dienone is 1. The van der Waals surface area contributed by atoms with Crippen LogP contribution in [0.3, 0.4) is 0 Å². The molecule has 3 heterocycles. The Labute approximate surface area is 243 Å². The van der Waals surface area contributed by atoms with Gasteiger partial charge in [0.1, 0.15) is 11.6 Å². The third kappa shape index (κ3) is 5.54. The molecule has 1 aromatic carbocycles. The van der Waals surface area contributed by atoms with Crippen LogP contribution < -0.4 is 9.80 Å². The van der Waals surface area contributed by atoms with E-state index >= 15 is 0 Å². The zero-order valence-corrected chi connectivity index (χ0v) is 24.7. The lowest BCUT2D eigenvalue weighted by molar-refractivity contribution is -0.155. The molecule has 3 fully saturated rings. The van der Waals surface area contributed by atoms with Crippen LogP contribution in [0.25, 0.3) is 0 Å². The van der Waals surface area contributed by atoms with E-state index in [1.165, 1.54) is 4.90 Å². The third-order valence-corrected chi connectivity index (χ3v) is 8.90. The molecule has 0 aromatic heterocycles. The molecule has 0 saturated carbocycles. The number of carbonyl (C=O) groups is 3. The van der Waals surface area contributed by atoms with Crippen molar-refractivity contribution in [3.05, 3.63) is 49.6 Å². The summed E-state index contributed by atoms with van der Waals surface area (Å²) in [5.41, 5.74) is 0.575. The van der Waals surface area contributed by atoms with E-state index in [0.29, 0.717) is 24.9 Å². The average molecular weight is 568 g/mol. The molecule has 2 bridgehead atoms. The number of aliphatic hydroxyl groups is 1. The van der Waals surface area contributed by atoms with Crippen molar-refractivity contribution in [2.45, 2.75) is 76.7 Å². The van der Waals surface area contributed by atoms with E-state index in [2.05, 4.69) is 31.9 Å². The van der Waals surface area contributed by atoms with Gasteiger partial charge in [0.25, 0.3) is 5.91 Å². The second-order valence-corrected chi connectivity index (χ2v) is 11.2. The van der Waals surface area contributed by atoms with Gasteiger partial charge in [-0.1, -0.05) is 12.2 Å². The Kier molecular flexibility index (Phi) is 9.92. The van der Waals surface area contributed by atoms with Gasteiger partial charge in [0.2, 0.25) is 5.91 Å². The fourth-order valence-corrected chi connectivity index (χ4v) is 6.89. The first-order valence-corrected chi connectivity index (χ1v) is 14.9. The number of hydrogen-bond donors (Lipinski definition) is 1. The molecule has 9 nitrogen and oxygen atoms in total. The topological polar surface area (TPSA) is 99.6 Å². The molecule has 3 aliphatic rings. The molecular weight excluding hydrogens is 522 g/mol. The minimum Gasteiger partial charge on any atom is -0.465 e. The second-order valence-electron chi connectivity index (χ2n) is 11.2. The number of likely N-dealkylation sites (tertiary alicyclic amines) is 1. The molecule has 1 N–H and O–H groups in total. The molecule has 0 aliphatic carbocycles. The summed E-state index contributed by atoms with van der Waals surface area (Å²) < 4.78 is 12.1. The molecule has 1 aromatic rings. The zero-order valence-electron chi connectivity index (χ0n) is 24.7. The summed E-state index contributed by atoms with van der Waals surface area (Å²) in [5, 5.41) is 10.1. The Hall–Kier alpha value is -3.17. The van der Waals surface area contributed by atoms with Gasteiger partial charge in [-0.05, 0) is 77.1 Å². The SMILES string of the molecule is C=CCCCCOC(=O)[C@@H]1[C@@H]2CCC3(O2)C(C(=O)N(CC=C)c2ccc(N(CC)CC)cc2)N([C@H](C)CO)C(=O)[C@H]13. The molecule has 3 aliphatic heterocycles. The quantitative estimate of drug-likeness (QED) is 0.196. The molecule has 9 heteroatoms. The van der Waals surface area contributed by atoms with Gasteiger partial charge in [-0.15, -0.1) is 13.2 Å². The summed E-state index contributed by atoms with van der Waals surface area (Å²) in [6.07, 6.45) is 6.45. The molecule has 224 valence electrons. The van der Waals surface area contributed by atoms with Gasteiger partial charge in [-0.2, -0.15) is 0 Å². The van der Waals surface area contributed by atoms with E-state index in [1.54, 1.807) is 17.9 Å². The lowest BCUT2D eigenvalue weighted by Crippen LogP contribution is -2.58. The number of carbonyl (C=O) groups excluding carboxylic acids is 3. The number of rotatable bonds is 15. The van der Waals surface area contributed by atoms with Crippen LogP contribution in [0.1, 0.15) is 52.9 Å². The molecule has 3 saturated heterocycles. The Morgan fingerprint density at radius 3 is 2.46 bits per heavy atom. The van der Waals surface area contributed by atoms with Gasteiger partial charge in [0.15, 0.2) is 0 Å². The van der Waals surface area contributed by atoms with Crippen molar-refractivity contribution in [2.75, 3.05) is 42.6 Å². The van der Waals surface area contributed by atoms with E-state index in [-0.39, 0.29) is 31.6 Å². The van der Waals surface area contributed by atoms with Crippen LogP contribution in [-0.4, -0.2) is 84.4 Å². The Morgan fingerprint density at radius 1 is 1.17 bits per heavy atom. The molecule has 41 heavy (non-hydrogen) atoms. The molecule has 2 amide bonds. The summed E-state index contributed by atoms with van der Waals surface area (Å²) >= 11 is 0. The van der Waals surface area contributed by atoms with Gasteiger partial charge < -0.3 is 29.3 Å². The number of hydrogen-bond acceptors (Lipinski definition) is 7. The number of nitrogens with zero attached hydrogens (tertiary/aromatic N) is 3. The summed E-state index contributed by atoms with van der Waals surface area (Å²) in [7, 11) is 0. The normalized spacial score (nSPS) is 26.9. The zero-order chi connectivity index (χ0) is 29.7. The van der Waals surface area contributed by atoms with E-state index in [0.717, 1.165) is 31.6 Å². The fourth-order valence-electron chi connectivity index (χ4n) is 6.89. The Bertz CT molecular complexity index is 1120. The van der Waals surface area contributed by atoms with Crippen molar-refractivity contribution in [2.24, 2.45) is 11.8 Å². The minimum atomic E-state index is -1.16. The van der Waals surface area contributed by atoms with Crippen molar-refractivity contribution < 1.29 is 29.0 Å². The van der Waals surface area contributed by atoms with Gasteiger partial charge in [-0.25, -0.2) is 0 Å². The lowest BCUT2D eigenvalue weighted by Gasteiger charge is -2.38. The van der Waals surface area contributed by atoms with Crippen molar-refractivity contribution >= 4 is 29.2 Å². The van der Waals surface area contributed by atoms with Crippen LogP contribution in [0, 0.1) is 11.8 Å². The van der Waals surface area contributed by atoms with E-state index in [1.807, 2.05) is 30.3 Å². The molecule has 2 unspecified atom stereocenters. The number of aliphatic hydroxyl groups excluding tert-OH is 1. The highest BCUT2D eigenvalue weighted by molar-refractivity contribution is 6.04. The molecular formula is C32H45N3O6. The molecule has 0 radical (unpaired) electrons. The van der Waals surface area contributed by atoms with Crippen molar-refractivity contribution in [3.8, 4) is 0 Å². The van der Waals surface area contributed by atoms with E-state index < -0.39 is 41.6 Å². The first kappa shape index (κ1) is 30.8. The minimum absolute atomic E-state index is 0.232. The fraction of sp³-hybridized carbons (Fsp3) is 0.594. The average Bonchev–Trinajstić information content (AvgIpc) is 3.63. The van der Waals surface area contributed by atoms with Crippen LogP contribution in [0.5, 0.6) is 0 Å². The third-order valence-electron chi connectivity index (χ3n) is 8.90. The van der Waals surface area contributed by atoms with Crippen LogP contribution in [0.2, 0.25) is 0 Å². The van der Waals surface area contributed by atoms with Crippen LogP contribution >= 0.6 is 0 Å². The number of ether oxygens (including phenoxy) is 2. The number of benzene rings is 1. The Morgan fingerprint density at radius 2 is 1.85 bits per heavy atom. The molecule has 1 spiro atoms. The van der Waals surface area contributed by atoms with Crippen LogP contribution in [-0.2, 0) is 23.9 Å². The predicted molar refractivity (Wildman–Crippen MR) is 159 cm³/mol. The standard InChI is InChI=1S/C32H45N3O6/c1-6-10-11-12-20-40-31(39)26-25-17-18-32(41-25)27(26)29(37)35(22(5)21-36)28(32)30(38)34(19-7-2)24-15-13-23(14-16-24)33(8-3)9-4/h6-7,13-16,22,25-28,36H,1-2,8-12,17-21H2,3-5H3/t22-,25+,26-,27+,28?,32?/m1/s1. The highest BCUT2D eigenvalue weighted by Gasteiger charge is 2.75. The lowest BCUT2D eigenvalue weighted by atomic mass is 9.70. The second kappa shape index (κ2) is 13.2. The largest absolute Gasteiger partial charge is 0.465 e. The number of anilines is 2. The number of esters is 1. The predicted octanol–water partition coefficient (Wildman–Crippen LogP) is 3.71. The molecule has 4 rings (SSSR count). The highest BCUT2D eigenvalue weighted by atomic mass is 16.6. The number of fused-ring (bicyclic) bond motifs is 1. The monoisotopic (exact) mass is 567 g/mol. The first-order valence-electron chi connectivity index (χ1n) is 14.9. The maximum absolute atomic E-state index is 14.5. The Balaban J connectivity index is 1.65. The van der Waals surface area contributed by atoms with E-state index in [4.69, 9.17) is 9.47 Å². The number of unbranched alkanes of at least 4 members (excludes halogenated alkanes) is 2. The molecule has 6 atom stereocenters. The summed E-state index contributed by atoms with van der Waals surface area (Å²) in [5.74, 6) is -2.71. The van der Waals surface area contributed by atoms with Crippen molar-refractivity contribution in [1.29, 1.82) is 0 Å². The van der Waals surface area contributed by atoms with E-state index in [9.17, 15) is 19.5 Å². The van der Waals surface area contributed by atoms with Crippen LogP contribution in [0.4, 0.5) is 11.4 Å². The van der Waals surface area contributed by atoms with Crippen molar-refractivity contribution in [1.82, 2.24) is 4.90 Å². The first-order chi connectivity index (χ1) is 19.8. The van der Waals surface area contributed by atoms with Crippen molar-refractivity contribution in [3.63, 3.8) is 0 Å². The summed E-state index contributed by atoms with van der Waals surface area (Å²) in [6, 6.07) is 6.16. The van der Waals surface area contributed by atoms with Gasteiger partial charge in [0.05, 0.1) is 37.2 Å². The maximum Gasteiger partial charge on any atom is 0.312 e. The summed E-state index contributed by atoms with van der Waals surface area (Å²) in [4.78, 5) is 47.2. The number of amides is 2. The maximum atomic E-state index is 14.5.